The number of pyridine rings is 1. The van der Waals surface area contributed by atoms with Gasteiger partial charge in [0.05, 0.1) is 52.3 Å². The lowest BCUT2D eigenvalue weighted by Crippen LogP contribution is -2.53. The number of allylic oxidation sites excluding steroid dienone is 2. The van der Waals surface area contributed by atoms with Crippen LogP contribution in [0.3, 0.4) is 0 Å². The van der Waals surface area contributed by atoms with Crippen molar-refractivity contribution in [3.63, 3.8) is 0 Å². The molecule has 1 saturated carbocycles. The maximum atomic E-state index is 15.3. The molecule has 18 heteroatoms. The molecule has 282 valence electrons. The van der Waals surface area contributed by atoms with E-state index in [0.717, 1.165) is 4.57 Å². The smallest absolute Gasteiger partial charge is 0.417 e. The highest BCUT2D eigenvalue weighted by atomic mass is 35.5. The van der Waals surface area contributed by atoms with Crippen LogP contribution >= 0.6 is 34.8 Å². The third-order valence-electron chi connectivity index (χ3n) is 10.4. The summed E-state index contributed by atoms with van der Waals surface area (Å²) in [6.07, 6.45) is -2.74. The standard InChI is InChI=1S/C37H26Cl3F3N6O6/c1-55-28-14-18(13-25(39)30(28)50)29-23-11-12-46-34(53)47(22-5-3-2-4-6-22)35(54)49(46)27(23)16-24-32(51)48(33(52)36(24,29)19-7-9-21(38)10-8-19)45-31-26(40)15-20(17-44-31)37(41,42)43/h2-11,13-15,17,24,27,29,50H,12,16H2,1H3,(H,44,45). The van der Waals surface area contributed by atoms with Gasteiger partial charge in [-0.3, -0.25) is 15.0 Å². The predicted octanol–water partition coefficient (Wildman–Crippen LogP) is 6.51. The van der Waals surface area contributed by atoms with Crippen LogP contribution in [0.25, 0.3) is 5.69 Å². The van der Waals surface area contributed by atoms with Gasteiger partial charge < -0.3 is 9.84 Å². The van der Waals surface area contributed by atoms with E-state index in [-0.39, 0.29) is 29.5 Å². The average Bonchev–Trinajstić information content (AvgIpc) is 3.54. The van der Waals surface area contributed by atoms with Gasteiger partial charge in [0.15, 0.2) is 17.3 Å². The first-order chi connectivity index (χ1) is 26.2. The van der Waals surface area contributed by atoms with Crippen LogP contribution < -0.4 is 21.5 Å². The first kappa shape index (κ1) is 36.5. The van der Waals surface area contributed by atoms with Crippen LogP contribution in [0.2, 0.25) is 15.1 Å². The Kier molecular flexibility index (Phi) is 8.66. The Hall–Kier alpha value is -5.51. The van der Waals surface area contributed by atoms with E-state index >= 15 is 4.79 Å². The molecule has 0 spiro atoms. The fourth-order valence-electron chi connectivity index (χ4n) is 8.13. The number of rotatable bonds is 6. The Morgan fingerprint density at radius 1 is 0.945 bits per heavy atom. The highest BCUT2D eigenvalue weighted by Crippen LogP contribution is 2.62. The number of carbonyl (C=O) groups excluding carboxylic acids is 2. The van der Waals surface area contributed by atoms with Gasteiger partial charge in [-0.15, -0.1) is 0 Å². The van der Waals surface area contributed by atoms with Crippen molar-refractivity contribution in [1.82, 2.24) is 23.9 Å². The van der Waals surface area contributed by atoms with Crippen molar-refractivity contribution in [1.29, 1.82) is 0 Å². The number of ether oxygens (including phenoxy) is 1. The molecule has 2 aliphatic heterocycles. The first-order valence-corrected chi connectivity index (χ1v) is 17.7. The second-order valence-electron chi connectivity index (χ2n) is 13.2. The molecule has 3 aliphatic rings. The largest absolute Gasteiger partial charge is 0.503 e. The highest BCUT2D eigenvalue weighted by Gasteiger charge is 2.69. The summed E-state index contributed by atoms with van der Waals surface area (Å²) in [5.41, 5.74) is -0.356. The summed E-state index contributed by atoms with van der Waals surface area (Å²) in [6, 6.07) is 17.0. The second kappa shape index (κ2) is 13.1. The fourth-order valence-corrected chi connectivity index (χ4v) is 8.69. The number of para-hydroxylation sites is 1. The summed E-state index contributed by atoms with van der Waals surface area (Å²) in [6.45, 7) is -0.101. The molecule has 3 aromatic carbocycles. The van der Waals surface area contributed by atoms with Crippen molar-refractivity contribution < 1.29 is 32.6 Å². The summed E-state index contributed by atoms with van der Waals surface area (Å²) in [5.74, 6) is -4.96. The van der Waals surface area contributed by atoms with Gasteiger partial charge in [0.2, 0.25) is 0 Å². The second-order valence-corrected chi connectivity index (χ2v) is 14.4. The topological polar surface area (TPSA) is 141 Å². The number of benzene rings is 3. The molecule has 4 unspecified atom stereocenters. The van der Waals surface area contributed by atoms with Crippen molar-refractivity contribution in [2.24, 2.45) is 5.92 Å². The minimum atomic E-state index is -4.77. The average molecular weight is 814 g/mol. The molecule has 8 rings (SSSR count). The number of amides is 2. The molecule has 55 heavy (non-hydrogen) atoms. The Balaban J connectivity index is 1.38. The number of imide groups is 1. The Labute approximate surface area is 323 Å². The Bertz CT molecular complexity index is 2570. The lowest BCUT2D eigenvalue weighted by atomic mass is 9.53. The molecule has 4 atom stereocenters. The van der Waals surface area contributed by atoms with Gasteiger partial charge in [-0.1, -0.05) is 71.2 Å². The molecule has 1 saturated heterocycles. The van der Waals surface area contributed by atoms with Crippen molar-refractivity contribution in [2.45, 2.75) is 36.5 Å². The molecule has 0 bridgehead atoms. The number of hydrogen-bond acceptors (Lipinski definition) is 8. The lowest BCUT2D eigenvalue weighted by molar-refractivity contribution is -0.139. The first-order valence-electron chi connectivity index (χ1n) is 16.6. The molecule has 2 amide bonds. The molecule has 1 aliphatic carbocycles. The summed E-state index contributed by atoms with van der Waals surface area (Å²) in [4.78, 5) is 62.1. The third-order valence-corrected chi connectivity index (χ3v) is 11.3. The van der Waals surface area contributed by atoms with E-state index in [2.05, 4.69) is 10.4 Å². The molecule has 4 heterocycles. The number of aromatic hydroxyl groups is 1. The molecule has 0 radical (unpaired) electrons. The maximum Gasteiger partial charge on any atom is 0.417 e. The van der Waals surface area contributed by atoms with Gasteiger partial charge in [-0.2, -0.15) is 18.2 Å². The van der Waals surface area contributed by atoms with Crippen molar-refractivity contribution >= 4 is 52.4 Å². The predicted molar refractivity (Wildman–Crippen MR) is 195 cm³/mol. The van der Waals surface area contributed by atoms with Crippen molar-refractivity contribution in [2.75, 3.05) is 12.5 Å². The molecule has 2 fully saturated rings. The van der Waals surface area contributed by atoms with Crippen LogP contribution in [0.1, 0.15) is 35.1 Å². The molecule has 12 nitrogen and oxygen atoms in total. The van der Waals surface area contributed by atoms with Crippen LogP contribution in [0.15, 0.2) is 100 Å². The summed E-state index contributed by atoms with van der Waals surface area (Å²) in [7, 11) is 1.30. The number of hydrazine groups is 1. The molecule has 2 N–H and O–H groups in total. The number of nitrogens with zero attached hydrogens (tertiary/aromatic N) is 5. The molecule has 5 aromatic rings. The van der Waals surface area contributed by atoms with E-state index < -0.39 is 69.1 Å². The van der Waals surface area contributed by atoms with Gasteiger partial charge in [0.1, 0.15) is 0 Å². The van der Waals surface area contributed by atoms with Gasteiger partial charge >= 0.3 is 17.6 Å². The van der Waals surface area contributed by atoms with Crippen molar-refractivity contribution in [3.05, 3.63) is 143 Å². The van der Waals surface area contributed by atoms with E-state index in [0.29, 0.717) is 44.7 Å². The summed E-state index contributed by atoms with van der Waals surface area (Å²) < 4.78 is 49.4. The number of nitrogens with one attached hydrogen (secondary N) is 1. The van der Waals surface area contributed by atoms with E-state index in [1.54, 1.807) is 48.5 Å². The van der Waals surface area contributed by atoms with Gasteiger partial charge in [0, 0.05) is 17.1 Å². The number of anilines is 1. The van der Waals surface area contributed by atoms with E-state index in [1.165, 1.54) is 40.7 Å². The molecular weight excluding hydrogens is 788 g/mol. The number of hydrogen-bond donors (Lipinski definition) is 2. The maximum absolute atomic E-state index is 15.3. The van der Waals surface area contributed by atoms with Crippen LogP contribution in [0, 0.1) is 5.92 Å². The SMILES string of the molecule is COc1cc(C2C3=CCn4c(=O)n(-c5ccccc5)c(=O)n4C3CC3C(=O)N(Nc4ncc(C(F)(F)F)cc4Cl)C(=O)C32c2ccc(Cl)cc2)cc(Cl)c1O. The summed E-state index contributed by atoms with van der Waals surface area (Å²) >= 11 is 19.1. The van der Waals surface area contributed by atoms with Crippen LogP contribution in [-0.2, 0) is 27.7 Å². The lowest BCUT2D eigenvalue weighted by Gasteiger charge is -2.49. The number of aromatic nitrogens is 4. The van der Waals surface area contributed by atoms with Gasteiger partial charge in [-0.25, -0.2) is 28.5 Å². The zero-order valence-corrected chi connectivity index (χ0v) is 30.5. The number of phenolic OH excluding ortho intramolecular Hbond substituents is 1. The van der Waals surface area contributed by atoms with E-state index in [9.17, 15) is 32.7 Å². The zero-order chi connectivity index (χ0) is 39.1. The number of halogens is 6. The van der Waals surface area contributed by atoms with Crippen LogP contribution in [-0.4, -0.2) is 48.0 Å². The molecular formula is C37H26Cl3F3N6O6. The number of carbonyl (C=O) groups is 2. The third kappa shape index (κ3) is 5.46. The zero-order valence-electron chi connectivity index (χ0n) is 28.2. The highest BCUT2D eigenvalue weighted by molar-refractivity contribution is 6.33. The van der Waals surface area contributed by atoms with E-state index in [1.807, 2.05) is 0 Å². The minimum Gasteiger partial charge on any atom is -0.503 e. The minimum absolute atomic E-state index is 0.0550. The van der Waals surface area contributed by atoms with Crippen LogP contribution in [0.5, 0.6) is 11.5 Å². The monoisotopic (exact) mass is 812 g/mol. The van der Waals surface area contributed by atoms with E-state index in [4.69, 9.17) is 39.5 Å². The Morgan fingerprint density at radius 2 is 1.65 bits per heavy atom. The normalized spacial score (nSPS) is 21.8. The number of fused-ring (bicyclic) bond motifs is 4. The Morgan fingerprint density at radius 3 is 2.31 bits per heavy atom. The van der Waals surface area contributed by atoms with Gasteiger partial charge in [-0.05, 0) is 65.6 Å². The van der Waals surface area contributed by atoms with Gasteiger partial charge in [0.25, 0.3) is 11.8 Å². The fraction of sp³-hybridized carbons (Fsp3) is 0.216. The van der Waals surface area contributed by atoms with Crippen molar-refractivity contribution in [3.8, 4) is 17.2 Å². The number of methoxy groups -OCH3 is 1. The molecule has 2 aromatic heterocycles. The number of phenols is 1. The van der Waals surface area contributed by atoms with Crippen LogP contribution in [0.4, 0.5) is 19.0 Å². The number of alkyl halides is 3. The summed E-state index contributed by atoms with van der Waals surface area (Å²) in [5, 5.41) is 11.1. The quantitative estimate of drug-likeness (QED) is 0.146.